The van der Waals surface area contributed by atoms with Crippen LogP contribution in [0.2, 0.25) is 0 Å². The fourth-order valence-corrected chi connectivity index (χ4v) is 7.49. The van der Waals surface area contributed by atoms with Crippen molar-refractivity contribution in [3.63, 3.8) is 0 Å². The molecule has 0 saturated heterocycles. The van der Waals surface area contributed by atoms with E-state index in [0.717, 1.165) is 12.8 Å². The number of nitrogens with one attached hydrogen (secondary N) is 2. The summed E-state index contributed by atoms with van der Waals surface area (Å²) in [5.41, 5.74) is 7.81. The minimum Gasteiger partial charge on any atom is -0.341 e. The van der Waals surface area contributed by atoms with Crippen LogP contribution in [-0.4, -0.2) is 45.3 Å². The van der Waals surface area contributed by atoms with Crippen LogP contribution in [0.1, 0.15) is 37.1 Å². The van der Waals surface area contributed by atoms with Crippen molar-refractivity contribution in [2.24, 2.45) is 26.1 Å². The molecular weight excluding hydrogens is 492 g/mol. The Morgan fingerprint density at radius 1 is 1.06 bits per heavy atom. The molecule has 2 aromatic carbocycles. The van der Waals surface area contributed by atoms with Gasteiger partial charge in [-0.1, -0.05) is 31.0 Å². The van der Waals surface area contributed by atoms with Crippen molar-refractivity contribution in [1.29, 1.82) is 0 Å². The lowest BCUT2D eigenvalue weighted by molar-refractivity contribution is 0.548. The summed E-state index contributed by atoms with van der Waals surface area (Å²) < 4.78 is 55.2. The largest absolute Gasteiger partial charge is 0.341 e. The third-order valence-electron chi connectivity index (χ3n) is 6.09. The Balaban J connectivity index is 1.81. The van der Waals surface area contributed by atoms with Gasteiger partial charge in [-0.25, -0.2) is 36.7 Å². The van der Waals surface area contributed by atoms with Gasteiger partial charge in [0, 0.05) is 11.6 Å². The van der Waals surface area contributed by atoms with Gasteiger partial charge in [0.25, 0.3) is 0 Å². The molecule has 0 radical (unpaired) electrons. The molecule has 2 heterocycles. The summed E-state index contributed by atoms with van der Waals surface area (Å²) in [6, 6.07) is 7.82. The lowest BCUT2D eigenvalue weighted by Gasteiger charge is -2.19. The highest BCUT2D eigenvalue weighted by atomic mass is 32.2. The monoisotopic (exact) mass is 516 g/mol. The second-order valence-corrected chi connectivity index (χ2v) is 11.6. The maximum absolute atomic E-state index is 13.4. The molecule has 184 valence electrons. The van der Waals surface area contributed by atoms with E-state index in [1.165, 1.54) is 12.1 Å². The predicted molar refractivity (Wildman–Crippen MR) is 130 cm³/mol. The van der Waals surface area contributed by atoms with E-state index in [1.54, 1.807) is 12.1 Å². The van der Waals surface area contributed by atoms with E-state index in [2.05, 4.69) is 29.9 Å². The van der Waals surface area contributed by atoms with Crippen LogP contribution in [0.3, 0.4) is 0 Å². The molecule has 12 nitrogen and oxygen atoms in total. The second kappa shape index (κ2) is 8.87. The zero-order valence-corrected chi connectivity index (χ0v) is 20.2. The van der Waals surface area contributed by atoms with Gasteiger partial charge in [-0.2, -0.15) is 5.11 Å². The number of nitrogens with two attached hydrogens (primary N) is 2. The number of benzene rings is 2. The molecule has 2 aliphatic rings. The van der Waals surface area contributed by atoms with E-state index < -0.39 is 29.8 Å². The third-order valence-corrected chi connectivity index (χ3v) is 8.78. The molecular formula is C21H24N8O4S2. The lowest BCUT2D eigenvalue weighted by Crippen LogP contribution is -2.34. The van der Waals surface area contributed by atoms with E-state index in [9.17, 15) is 16.8 Å². The van der Waals surface area contributed by atoms with Gasteiger partial charge in [-0.15, -0.1) is 5.11 Å². The molecule has 0 atom stereocenters. The van der Waals surface area contributed by atoms with Crippen molar-refractivity contribution >= 4 is 36.9 Å². The van der Waals surface area contributed by atoms with Crippen LogP contribution < -0.4 is 15.6 Å². The number of aromatic amines is 1. The zero-order valence-electron chi connectivity index (χ0n) is 18.6. The lowest BCUT2D eigenvalue weighted by atomic mass is 9.97. The zero-order chi connectivity index (χ0) is 24.8. The molecule has 1 aliphatic heterocycles. The first kappa shape index (κ1) is 23.7. The van der Waals surface area contributed by atoms with Gasteiger partial charge < -0.3 is 10.7 Å². The highest BCUT2D eigenvalue weighted by Gasteiger charge is 2.34. The van der Waals surface area contributed by atoms with Gasteiger partial charge in [-0.05, 0) is 30.5 Å². The first-order valence-corrected chi connectivity index (χ1v) is 14.0. The van der Waals surface area contributed by atoms with Crippen LogP contribution in [0.15, 0.2) is 55.3 Å². The van der Waals surface area contributed by atoms with Crippen molar-refractivity contribution in [3.8, 4) is 11.1 Å². The van der Waals surface area contributed by atoms with Crippen molar-refractivity contribution < 1.29 is 16.8 Å². The molecule has 1 aliphatic carbocycles. The Hall–Kier alpha value is -3.04. The summed E-state index contributed by atoms with van der Waals surface area (Å²) in [6.07, 6.45) is 3.16. The molecule has 1 fully saturated rings. The molecule has 0 bridgehead atoms. The fourth-order valence-electron chi connectivity index (χ4n) is 4.59. The normalized spacial score (nSPS) is 16.9. The summed E-state index contributed by atoms with van der Waals surface area (Å²) >= 11 is 0. The average Bonchev–Trinajstić information content (AvgIpc) is 3.58. The molecule has 6 N–H and O–H groups in total. The van der Waals surface area contributed by atoms with Crippen molar-refractivity contribution in [2.45, 2.75) is 48.1 Å². The van der Waals surface area contributed by atoms with Crippen molar-refractivity contribution in [3.05, 3.63) is 41.7 Å². The molecule has 14 heteroatoms. The molecule has 1 aromatic heterocycles. The van der Waals surface area contributed by atoms with Crippen LogP contribution in [0.5, 0.6) is 0 Å². The number of aliphatic imine (C=N–C) groups is 1. The molecule has 0 unspecified atom stereocenters. The van der Waals surface area contributed by atoms with Gasteiger partial charge in [0.05, 0.1) is 23.1 Å². The molecule has 3 aromatic rings. The van der Waals surface area contributed by atoms with Gasteiger partial charge in [-0.3, -0.25) is 0 Å². The van der Waals surface area contributed by atoms with Crippen LogP contribution in [0.25, 0.3) is 22.2 Å². The van der Waals surface area contributed by atoms with Gasteiger partial charge in [0.1, 0.15) is 15.6 Å². The minimum atomic E-state index is -4.55. The van der Waals surface area contributed by atoms with Crippen LogP contribution in [-0.2, 0) is 26.6 Å². The third kappa shape index (κ3) is 4.38. The number of sulfonamides is 2. The van der Waals surface area contributed by atoms with E-state index in [4.69, 9.17) is 10.9 Å². The summed E-state index contributed by atoms with van der Waals surface area (Å²) in [5.74, 6) is 0.520. The first-order valence-electron chi connectivity index (χ1n) is 11.0. The quantitative estimate of drug-likeness (QED) is 0.368. The van der Waals surface area contributed by atoms with Gasteiger partial charge >= 0.3 is 0 Å². The standard InChI is InChI=1S/C21H24N8O4S2/c22-10-17-26-15-7-3-6-14(19(15)27-17)13-8-9-16(35(32,33)29-12-4-1-2-5-12)20(34(23,30)31)18(13)21-24-11-25-28-21/h3,6-9,12,29H,1-2,4-5,10-11,22H2,(H,26,27)(H2,23,30,31). The topological polar surface area (TPSA) is 198 Å². The van der Waals surface area contributed by atoms with E-state index in [0.29, 0.717) is 40.8 Å². The minimum absolute atomic E-state index is 0.0138. The maximum atomic E-state index is 13.4. The Kier molecular flexibility index (Phi) is 6.01. The number of aromatic nitrogens is 2. The number of hydrogen-bond donors (Lipinski definition) is 4. The molecule has 0 amide bonds. The van der Waals surface area contributed by atoms with Gasteiger partial charge in [0.15, 0.2) is 12.5 Å². The summed E-state index contributed by atoms with van der Waals surface area (Å²) in [7, 11) is -8.78. The number of H-pyrrole nitrogens is 1. The number of imidazole rings is 1. The number of azo groups is 1. The Bertz CT molecular complexity index is 1590. The van der Waals surface area contributed by atoms with Crippen LogP contribution >= 0.6 is 0 Å². The van der Waals surface area contributed by atoms with Crippen LogP contribution in [0.4, 0.5) is 0 Å². The van der Waals surface area contributed by atoms with Crippen molar-refractivity contribution in [1.82, 2.24) is 14.7 Å². The summed E-state index contributed by atoms with van der Waals surface area (Å²) in [6.45, 7) is 0.161. The molecule has 1 saturated carbocycles. The second-order valence-electron chi connectivity index (χ2n) is 8.42. The number of amidine groups is 1. The number of para-hydroxylation sites is 1. The summed E-state index contributed by atoms with van der Waals surface area (Å²) in [4.78, 5) is 10.8. The smallest absolute Gasteiger partial charge is 0.242 e. The Morgan fingerprint density at radius 3 is 2.49 bits per heavy atom. The number of fused-ring (bicyclic) bond motifs is 1. The van der Waals surface area contributed by atoms with Crippen molar-refractivity contribution in [2.75, 3.05) is 6.67 Å². The Morgan fingerprint density at radius 2 is 1.83 bits per heavy atom. The SMILES string of the molecule is NCc1nc2c(-c3ccc(S(=O)(=O)NC4CCCC4)c(S(N)(=O)=O)c3C3=NCN=N3)cccc2[nH]1. The number of primary sulfonamides is 1. The average molecular weight is 517 g/mol. The number of nitrogens with zero attached hydrogens (tertiary/aromatic N) is 4. The van der Waals surface area contributed by atoms with Crippen LogP contribution in [0, 0.1) is 0 Å². The van der Waals surface area contributed by atoms with E-state index >= 15 is 0 Å². The molecule has 5 rings (SSSR count). The van der Waals surface area contributed by atoms with Gasteiger partial charge in [0.2, 0.25) is 20.0 Å². The van der Waals surface area contributed by atoms with E-state index in [-0.39, 0.29) is 30.7 Å². The number of hydrogen-bond acceptors (Lipinski definition) is 9. The highest BCUT2D eigenvalue weighted by molar-refractivity contribution is 7.92. The summed E-state index contributed by atoms with van der Waals surface area (Å²) in [5, 5.41) is 13.5. The maximum Gasteiger partial charge on any atom is 0.242 e. The fraction of sp³-hybridized carbons (Fsp3) is 0.333. The van der Waals surface area contributed by atoms with E-state index in [1.807, 2.05) is 6.07 Å². The number of rotatable bonds is 7. The first-order chi connectivity index (χ1) is 16.7. The highest BCUT2D eigenvalue weighted by Crippen LogP contribution is 2.37. The molecule has 0 spiro atoms. The Labute approximate surface area is 202 Å². The predicted octanol–water partition coefficient (Wildman–Crippen LogP) is 1.73. The molecule has 35 heavy (non-hydrogen) atoms.